The lowest BCUT2D eigenvalue weighted by Gasteiger charge is -2.26. The molecule has 0 aromatic carbocycles. The fraction of sp³-hybridized carbons (Fsp3) is 0.815. The van der Waals surface area contributed by atoms with E-state index in [1.165, 1.54) is 108 Å². The number of hydrogen-bond acceptors (Lipinski definition) is 1. The summed E-state index contributed by atoms with van der Waals surface area (Å²) >= 11 is 0. The van der Waals surface area contributed by atoms with Crippen LogP contribution in [0.4, 0.5) is 0 Å². The van der Waals surface area contributed by atoms with Crippen molar-refractivity contribution >= 4 is 5.71 Å². The number of aliphatic imine (C=N–C) groups is 1. The Morgan fingerprint density at radius 2 is 1.82 bits per heavy atom. The zero-order valence-corrected chi connectivity index (χ0v) is 18.9. The van der Waals surface area contributed by atoms with Gasteiger partial charge in [0.15, 0.2) is 0 Å². The molecule has 1 nitrogen and oxygen atoms in total. The van der Waals surface area contributed by atoms with Crippen LogP contribution in [0.3, 0.4) is 0 Å². The Kier molecular flexibility index (Phi) is 9.35. The lowest BCUT2D eigenvalue weighted by Crippen LogP contribution is -2.09. The highest BCUT2D eigenvalue weighted by Crippen LogP contribution is 2.44. The molecule has 0 aromatic heterocycles. The van der Waals surface area contributed by atoms with Gasteiger partial charge in [0.25, 0.3) is 0 Å². The fourth-order valence-corrected chi connectivity index (χ4v) is 5.58. The van der Waals surface area contributed by atoms with E-state index in [1.54, 1.807) is 5.57 Å². The van der Waals surface area contributed by atoms with Gasteiger partial charge in [-0.1, -0.05) is 55.4 Å². The molecule has 0 spiro atoms. The van der Waals surface area contributed by atoms with Crippen LogP contribution in [0.15, 0.2) is 27.8 Å². The molecule has 0 aliphatic heterocycles. The molecule has 0 aromatic rings. The predicted molar refractivity (Wildman–Crippen MR) is 124 cm³/mol. The van der Waals surface area contributed by atoms with Crippen molar-refractivity contribution in [2.45, 2.75) is 123 Å². The van der Waals surface area contributed by atoms with Crippen molar-refractivity contribution in [3.63, 3.8) is 0 Å². The molecule has 0 bridgehead atoms. The van der Waals surface area contributed by atoms with Gasteiger partial charge in [0.05, 0.1) is 0 Å². The first-order chi connectivity index (χ1) is 13.8. The Hall–Kier alpha value is -0.850. The van der Waals surface area contributed by atoms with E-state index in [-0.39, 0.29) is 0 Å². The first-order valence-corrected chi connectivity index (χ1v) is 12.6. The van der Waals surface area contributed by atoms with E-state index in [4.69, 9.17) is 4.99 Å². The largest absolute Gasteiger partial charge is 0.294 e. The molecule has 0 amide bonds. The molecule has 3 aliphatic rings. The Bertz CT molecular complexity index is 551. The van der Waals surface area contributed by atoms with E-state index in [0.717, 1.165) is 24.8 Å². The van der Waals surface area contributed by atoms with Gasteiger partial charge in [0, 0.05) is 12.3 Å². The maximum absolute atomic E-state index is 4.88. The monoisotopic (exact) mass is 383 g/mol. The van der Waals surface area contributed by atoms with Gasteiger partial charge in [-0.25, -0.2) is 0 Å². The molecule has 0 heterocycles. The molecule has 2 unspecified atom stereocenters. The predicted octanol–water partition coefficient (Wildman–Crippen LogP) is 8.60. The van der Waals surface area contributed by atoms with Gasteiger partial charge in [0.2, 0.25) is 0 Å². The SMILES string of the molecule is CCCCC1CCC(C(CCC=C(C)CCN=C2CCCCC2)=C2CCC2)C1. The van der Waals surface area contributed by atoms with Crippen molar-refractivity contribution in [3.05, 3.63) is 22.8 Å². The normalized spacial score (nSPS) is 25.7. The highest BCUT2D eigenvalue weighted by atomic mass is 14.7. The van der Waals surface area contributed by atoms with Gasteiger partial charge in [-0.3, -0.25) is 4.99 Å². The second kappa shape index (κ2) is 12.0. The Labute approximate surface area is 175 Å². The van der Waals surface area contributed by atoms with Gasteiger partial charge in [-0.2, -0.15) is 0 Å². The van der Waals surface area contributed by atoms with Crippen LogP contribution in [0.2, 0.25) is 0 Å². The zero-order chi connectivity index (χ0) is 19.6. The lowest BCUT2D eigenvalue weighted by atomic mass is 9.79. The first-order valence-electron chi connectivity index (χ1n) is 12.6. The molecule has 28 heavy (non-hydrogen) atoms. The Morgan fingerprint density at radius 3 is 2.54 bits per heavy atom. The first kappa shape index (κ1) is 21.8. The van der Waals surface area contributed by atoms with Crippen LogP contribution in [0.1, 0.15) is 123 Å². The van der Waals surface area contributed by atoms with Crippen molar-refractivity contribution in [1.82, 2.24) is 0 Å². The summed E-state index contributed by atoms with van der Waals surface area (Å²) in [6.07, 6.45) is 26.0. The summed E-state index contributed by atoms with van der Waals surface area (Å²) in [5.74, 6) is 1.96. The minimum atomic E-state index is 0.934. The summed E-state index contributed by atoms with van der Waals surface area (Å²) in [6, 6.07) is 0. The summed E-state index contributed by atoms with van der Waals surface area (Å²) in [7, 11) is 0. The second-order valence-electron chi connectivity index (χ2n) is 9.85. The van der Waals surface area contributed by atoms with Crippen LogP contribution in [-0.4, -0.2) is 12.3 Å². The molecular formula is C27H45N. The lowest BCUT2D eigenvalue weighted by molar-refractivity contribution is 0.459. The average Bonchev–Trinajstić information content (AvgIpc) is 3.13. The van der Waals surface area contributed by atoms with Gasteiger partial charge in [0.1, 0.15) is 0 Å². The van der Waals surface area contributed by atoms with Crippen LogP contribution < -0.4 is 0 Å². The van der Waals surface area contributed by atoms with Crippen LogP contribution in [0, 0.1) is 11.8 Å². The molecule has 3 fully saturated rings. The van der Waals surface area contributed by atoms with Gasteiger partial charge in [-0.15, -0.1) is 0 Å². The van der Waals surface area contributed by atoms with Gasteiger partial charge >= 0.3 is 0 Å². The number of rotatable bonds is 10. The summed E-state index contributed by atoms with van der Waals surface area (Å²) in [6.45, 7) is 5.69. The molecule has 3 aliphatic carbocycles. The maximum Gasteiger partial charge on any atom is 0.0425 e. The minimum absolute atomic E-state index is 0.934. The molecule has 0 radical (unpaired) electrons. The van der Waals surface area contributed by atoms with Crippen LogP contribution >= 0.6 is 0 Å². The summed E-state index contributed by atoms with van der Waals surface area (Å²) < 4.78 is 0. The van der Waals surface area contributed by atoms with Crippen molar-refractivity contribution in [3.8, 4) is 0 Å². The van der Waals surface area contributed by atoms with Crippen molar-refractivity contribution in [2.24, 2.45) is 16.8 Å². The van der Waals surface area contributed by atoms with Crippen LogP contribution in [-0.2, 0) is 0 Å². The topological polar surface area (TPSA) is 12.4 Å². The van der Waals surface area contributed by atoms with Gasteiger partial charge in [-0.05, 0) is 102 Å². The highest BCUT2D eigenvalue weighted by molar-refractivity contribution is 5.84. The molecule has 0 N–H and O–H groups in total. The number of hydrogen-bond donors (Lipinski definition) is 0. The summed E-state index contributed by atoms with van der Waals surface area (Å²) in [4.78, 5) is 4.88. The second-order valence-corrected chi connectivity index (χ2v) is 9.85. The van der Waals surface area contributed by atoms with Crippen LogP contribution in [0.25, 0.3) is 0 Å². The van der Waals surface area contributed by atoms with E-state index in [1.807, 2.05) is 11.1 Å². The molecule has 0 saturated heterocycles. The van der Waals surface area contributed by atoms with E-state index in [9.17, 15) is 0 Å². The van der Waals surface area contributed by atoms with E-state index in [0.29, 0.717) is 0 Å². The molecular weight excluding hydrogens is 338 g/mol. The molecule has 158 valence electrons. The molecule has 3 saturated carbocycles. The highest BCUT2D eigenvalue weighted by Gasteiger charge is 2.29. The van der Waals surface area contributed by atoms with E-state index >= 15 is 0 Å². The third kappa shape index (κ3) is 6.89. The van der Waals surface area contributed by atoms with Crippen molar-refractivity contribution in [1.29, 1.82) is 0 Å². The molecule has 3 rings (SSSR count). The van der Waals surface area contributed by atoms with E-state index in [2.05, 4.69) is 19.9 Å². The van der Waals surface area contributed by atoms with Gasteiger partial charge < -0.3 is 0 Å². The number of unbranched alkanes of at least 4 members (excludes halogenated alkanes) is 1. The molecule has 1 heteroatoms. The standard InChI is InChI=1S/C27H45N/c1-3-4-11-23-17-18-25(21-23)27(24-12-9-13-24)16-8-10-22(2)19-20-28-26-14-6-5-7-15-26/h10,23,25H,3-9,11-21H2,1-2H3. The summed E-state index contributed by atoms with van der Waals surface area (Å²) in [5.41, 5.74) is 6.81. The third-order valence-electron chi connectivity index (χ3n) is 7.59. The third-order valence-corrected chi connectivity index (χ3v) is 7.59. The van der Waals surface area contributed by atoms with Crippen LogP contribution in [0.5, 0.6) is 0 Å². The average molecular weight is 384 g/mol. The quantitative estimate of drug-likeness (QED) is 0.335. The smallest absolute Gasteiger partial charge is 0.0425 e. The fourth-order valence-electron chi connectivity index (χ4n) is 5.58. The maximum atomic E-state index is 4.88. The number of nitrogens with zero attached hydrogens (tertiary/aromatic N) is 1. The Morgan fingerprint density at radius 1 is 1.00 bits per heavy atom. The Balaban J connectivity index is 1.43. The number of allylic oxidation sites excluding steroid dienone is 3. The summed E-state index contributed by atoms with van der Waals surface area (Å²) in [5, 5.41) is 0. The van der Waals surface area contributed by atoms with Crippen molar-refractivity contribution in [2.75, 3.05) is 6.54 Å². The minimum Gasteiger partial charge on any atom is -0.294 e. The zero-order valence-electron chi connectivity index (χ0n) is 18.9. The molecule has 2 atom stereocenters. The van der Waals surface area contributed by atoms with Crippen molar-refractivity contribution < 1.29 is 0 Å². The van der Waals surface area contributed by atoms with E-state index < -0.39 is 0 Å².